The summed E-state index contributed by atoms with van der Waals surface area (Å²) >= 11 is 0. The van der Waals surface area contributed by atoms with Crippen molar-refractivity contribution in [3.63, 3.8) is 0 Å². The molecule has 2 aromatic heterocycles. The fourth-order valence-corrected chi connectivity index (χ4v) is 4.26. The van der Waals surface area contributed by atoms with Gasteiger partial charge in [0.1, 0.15) is 11.5 Å². The Bertz CT molecular complexity index is 1390. The molecule has 1 aliphatic heterocycles. The Morgan fingerprint density at radius 3 is 2.60 bits per heavy atom. The van der Waals surface area contributed by atoms with E-state index < -0.39 is 12.0 Å². The van der Waals surface area contributed by atoms with E-state index in [-0.39, 0.29) is 18.7 Å². The van der Waals surface area contributed by atoms with Gasteiger partial charge in [0.25, 0.3) is 0 Å². The van der Waals surface area contributed by atoms with Crippen LogP contribution < -0.4 is 0 Å². The van der Waals surface area contributed by atoms with Crippen molar-refractivity contribution in [2.45, 2.75) is 32.2 Å². The topological polar surface area (TPSA) is 101 Å². The van der Waals surface area contributed by atoms with E-state index in [9.17, 15) is 9.59 Å². The summed E-state index contributed by atoms with van der Waals surface area (Å²) in [5.41, 5.74) is 5.12. The number of benzene rings is 2. The monoisotopic (exact) mass is 468 g/mol. The minimum atomic E-state index is -1.03. The number of carboxylic acid groups (broad SMARTS) is 1. The number of aliphatic carboxylic acids is 1. The first-order chi connectivity index (χ1) is 17.0. The molecule has 35 heavy (non-hydrogen) atoms. The van der Waals surface area contributed by atoms with Crippen LogP contribution in [-0.2, 0) is 9.59 Å². The van der Waals surface area contributed by atoms with Crippen LogP contribution >= 0.6 is 0 Å². The zero-order chi connectivity index (χ0) is 24.4. The van der Waals surface area contributed by atoms with Crippen molar-refractivity contribution < 1.29 is 19.1 Å². The molecule has 0 saturated heterocycles. The lowest BCUT2D eigenvalue weighted by Crippen LogP contribution is -2.27. The Hall–Kier alpha value is -4.46. The fourth-order valence-electron chi connectivity index (χ4n) is 4.26. The van der Waals surface area contributed by atoms with E-state index in [1.807, 2.05) is 61.7 Å². The first kappa shape index (κ1) is 22.3. The number of hydrogen-bond acceptors (Lipinski definition) is 5. The van der Waals surface area contributed by atoms with Crippen molar-refractivity contribution in [1.29, 1.82) is 0 Å². The van der Waals surface area contributed by atoms with Crippen LogP contribution in [0.25, 0.3) is 16.9 Å². The summed E-state index contributed by atoms with van der Waals surface area (Å²) in [6.45, 7) is 2.02. The number of aryl methyl sites for hydroxylation is 1. The molecule has 1 unspecified atom stereocenters. The van der Waals surface area contributed by atoms with E-state index in [2.05, 4.69) is 11.2 Å². The zero-order valence-electron chi connectivity index (χ0n) is 19.2. The highest BCUT2D eigenvalue weighted by atomic mass is 16.4. The third-order valence-corrected chi connectivity index (χ3v) is 5.94. The Morgan fingerprint density at radius 1 is 1.06 bits per heavy atom. The molecule has 1 N–H and O–H groups in total. The Morgan fingerprint density at radius 2 is 1.89 bits per heavy atom. The number of carboxylic acids is 1. The Kier molecular flexibility index (Phi) is 6.01. The molecule has 1 aliphatic rings. The van der Waals surface area contributed by atoms with Gasteiger partial charge in [-0.3, -0.25) is 9.59 Å². The molecule has 0 spiro atoms. The lowest BCUT2D eigenvalue weighted by Gasteiger charge is -2.21. The second-order valence-corrected chi connectivity index (χ2v) is 8.46. The molecule has 0 bridgehead atoms. The van der Waals surface area contributed by atoms with Gasteiger partial charge >= 0.3 is 5.97 Å². The molecule has 8 heteroatoms. The number of carbonyl (C=O) groups is 2. The van der Waals surface area contributed by atoms with E-state index in [1.165, 1.54) is 5.01 Å². The average molecular weight is 469 g/mol. The van der Waals surface area contributed by atoms with Gasteiger partial charge in [-0.2, -0.15) is 10.2 Å². The summed E-state index contributed by atoms with van der Waals surface area (Å²) in [5, 5.41) is 20.0. The van der Waals surface area contributed by atoms with Crippen molar-refractivity contribution >= 4 is 17.6 Å². The smallest absolute Gasteiger partial charge is 0.303 e. The predicted molar refractivity (Wildman–Crippen MR) is 130 cm³/mol. The maximum absolute atomic E-state index is 13.1. The average Bonchev–Trinajstić information content (AvgIpc) is 3.62. The molecule has 0 aliphatic carbocycles. The van der Waals surface area contributed by atoms with E-state index >= 15 is 0 Å². The van der Waals surface area contributed by atoms with Gasteiger partial charge < -0.3 is 9.52 Å². The van der Waals surface area contributed by atoms with E-state index in [0.29, 0.717) is 17.9 Å². The summed E-state index contributed by atoms with van der Waals surface area (Å²) < 4.78 is 7.35. The van der Waals surface area contributed by atoms with Gasteiger partial charge in [0.15, 0.2) is 0 Å². The van der Waals surface area contributed by atoms with Crippen molar-refractivity contribution in [3.05, 3.63) is 96.1 Å². The predicted octanol–water partition coefficient (Wildman–Crippen LogP) is 4.98. The molecular formula is C27H24N4O4. The van der Waals surface area contributed by atoms with Gasteiger partial charge in [-0.25, -0.2) is 9.69 Å². The molecule has 8 nitrogen and oxygen atoms in total. The SMILES string of the molecule is Cc1cccc(-c2nn(-c3ccccc3)cc2C2CC(c3ccco3)=NN2C(=O)CCC(=O)O)c1. The molecule has 1 amide bonds. The Balaban J connectivity index is 1.60. The van der Waals surface area contributed by atoms with Crippen LogP contribution in [0.3, 0.4) is 0 Å². The minimum Gasteiger partial charge on any atom is -0.481 e. The summed E-state index contributed by atoms with van der Waals surface area (Å²) in [6, 6.07) is 20.9. The van der Waals surface area contributed by atoms with Gasteiger partial charge in [0.05, 0.1) is 30.1 Å². The lowest BCUT2D eigenvalue weighted by molar-refractivity contribution is -0.141. The molecule has 5 rings (SSSR count). The van der Waals surface area contributed by atoms with E-state index in [4.69, 9.17) is 14.6 Å². The van der Waals surface area contributed by atoms with Crippen LogP contribution in [0.2, 0.25) is 0 Å². The number of hydrogen-bond donors (Lipinski definition) is 1. The van der Waals surface area contributed by atoms with E-state index in [1.54, 1.807) is 23.1 Å². The molecule has 3 heterocycles. The Labute approximate surface area is 202 Å². The highest BCUT2D eigenvalue weighted by molar-refractivity contribution is 6.01. The van der Waals surface area contributed by atoms with Gasteiger partial charge in [-0.05, 0) is 37.3 Å². The first-order valence-corrected chi connectivity index (χ1v) is 11.4. The van der Waals surface area contributed by atoms with Crippen LogP contribution in [0, 0.1) is 6.92 Å². The van der Waals surface area contributed by atoms with Crippen LogP contribution in [-0.4, -0.2) is 37.5 Å². The number of amides is 1. The molecule has 4 aromatic rings. The maximum Gasteiger partial charge on any atom is 0.303 e. The van der Waals surface area contributed by atoms with Gasteiger partial charge in [0.2, 0.25) is 5.91 Å². The highest BCUT2D eigenvalue weighted by Crippen LogP contribution is 2.39. The molecule has 1 atom stereocenters. The van der Waals surface area contributed by atoms with Gasteiger partial charge in [-0.15, -0.1) is 0 Å². The summed E-state index contributed by atoms with van der Waals surface area (Å²) in [7, 11) is 0. The summed E-state index contributed by atoms with van der Waals surface area (Å²) in [5.74, 6) is -0.806. The molecule has 0 saturated carbocycles. The zero-order valence-corrected chi connectivity index (χ0v) is 19.2. The molecule has 0 radical (unpaired) electrons. The molecular weight excluding hydrogens is 444 g/mol. The second-order valence-electron chi connectivity index (χ2n) is 8.46. The van der Waals surface area contributed by atoms with Crippen molar-refractivity contribution in [2.75, 3.05) is 0 Å². The standard InChI is InChI=1S/C27H24N4O4/c1-18-7-5-8-19(15-18)27-21(17-30(29-27)20-9-3-2-4-10-20)23-16-22(24-11-6-14-35-24)28-31(23)25(32)12-13-26(33)34/h2-11,14-15,17,23H,12-13,16H2,1H3,(H,33,34). The van der Waals surface area contributed by atoms with Crippen molar-refractivity contribution in [1.82, 2.24) is 14.8 Å². The fraction of sp³-hybridized carbons (Fsp3) is 0.185. The van der Waals surface area contributed by atoms with Crippen LogP contribution in [0.1, 0.15) is 42.2 Å². The highest BCUT2D eigenvalue weighted by Gasteiger charge is 2.37. The minimum absolute atomic E-state index is 0.145. The third-order valence-electron chi connectivity index (χ3n) is 5.94. The second kappa shape index (κ2) is 9.42. The molecule has 0 fully saturated rings. The van der Waals surface area contributed by atoms with Crippen LogP contribution in [0.15, 0.2) is 88.7 Å². The number of aromatic nitrogens is 2. The van der Waals surface area contributed by atoms with Crippen LogP contribution in [0.4, 0.5) is 0 Å². The van der Waals surface area contributed by atoms with Crippen LogP contribution in [0.5, 0.6) is 0 Å². The molecule has 2 aromatic carbocycles. The number of rotatable bonds is 7. The van der Waals surface area contributed by atoms with Gasteiger partial charge in [0, 0.05) is 30.2 Å². The van der Waals surface area contributed by atoms with Gasteiger partial charge in [-0.1, -0.05) is 42.0 Å². The largest absolute Gasteiger partial charge is 0.481 e. The number of nitrogens with zero attached hydrogens (tertiary/aromatic N) is 4. The summed E-state index contributed by atoms with van der Waals surface area (Å²) in [4.78, 5) is 24.2. The normalized spacial score (nSPS) is 15.3. The number of hydrazone groups is 1. The molecule has 176 valence electrons. The first-order valence-electron chi connectivity index (χ1n) is 11.4. The number of para-hydroxylation sites is 1. The van der Waals surface area contributed by atoms with Crippen molar-refractivity contribution in [3.8, 4) is 16.9 Å². The number of carbonyl (C=O) groups excluding carboxylic acids is 1. The number of furan rings is 1. The quantitative estimate of drug-likeness (QED) is 0.412. The summed E-state index contributed by atoms with van der Waals surface area (Å²) in [6.07, 6.45) is 3.50. The lowest BCUT2D eigenvalue weighted by atomic mass is 9.97. The third kappa shape index (κ3) is 4.63. The van der Waals surface area contributed by atoms with Crippen molar-refractivity contribution in [2.24, 2.45) is 5.10 Å². The maximum atomic E-state index is 13.1. The van der Waals surface area contributed by atoms with E-state index in [0.717, 1.165) is 28.1 Å².